The number of amides is 1. The molecule has 2 aromatic rings. The minimum Gasteiger partial charge on any atom is -0.484 e. The van der Waals surface area contributed by atoms with Crippen molar-refractivity contribution in [2.45, 2.75) is 13.8 Å². The van der Waals surface area contributed by atoms with E-state index in [9.17, 15) is 9.59 Å². The lowest BCUT2D eigenvalue weighted by Gasteiger charge is -2.09. The SMILES string of the molecule is CCOCCOC(=O)c1cccc(NC(=O)COc2cccc(C)c2)c1. The van der Waals surface area contributed by atoms with Gasteiger partial charge in [-0.1, -0.05) is 18.2 Å². The predicted octanol–water partition coefficient (Wildman–Crippen LogP) is 3.21. The first-order valence-corrected chi connectivity index (χ1v) is 8.42. The van der Waals surface area contributed by atoms with Crippen LogP contribution in [-0.4, -0.2) is 38.3 Å². The summed E-state index contributed by atoms with van der Waals surface area (Å²) in [7, 11) is 0. The summed E-state index contributed by atoms with van der Waals surface area (Å²) in [4.78, 5) is 24.0. The molecule has 0 atom stereocenters. The highest BCUT2D eigenvalue weighted by Gasteiger charge is 2.09. The molecule has 0 aliphatic rings. The second kappa shape index (κ2) is 10.2. The van der Waals surface area contributed by atoms with Crippen LogP contribution >= 0.6 is 0 Å². The first kappa shape index (κ1) is 19.5. The number of rotatable bonds is 9. The van der Waals surface area contributed by atoms with Gasteiger partial charge in [0.2, 0.25) is 0 Å². The number of benzene rings is 2. The van der Waals surface area contributed by atoms with E-state index in [-0.39, 0.29) is 19.1 Å². The van der Waals surface area contributed by atoms with Crippen molar-refractivity contribution in [3.05, 3.63) is 59.7 Å². The maximum Gasteiger partial charge on any atom is 0.338 e. The first-order valence-electron chi connectivity index (χ1n) is 8.42. The Hall–Kier alpha value is -2.86. The third kappa shape index (κ3) is 6.57. The quantitative estimate of drug-likeness (QED) is 0.551. The Labute approximate surface area is 153 Å². The molecule has 1 amide bonds. The monoisotopic (exact) mass is 357 g/mol. The van der Waals surface area contributed by atoms with Gasteiger partial charge < -0.3 is 19.5 Å². The van der Waals surface area contributed by atoms with Gasteiger partial charge in [0, 0.05) is 12.3 Å². The van der Waals surface area contributed by atoms with Gasteiger partial charge in [0.15, 0.2) is 6.61 Å². The molecule has 26 heavy (non-hydrogen) atoms. The highest BCUT2D eigenvalue weighted by molar-refractivity contribution is 5.95. The zero-order valence-electron chi connectivity index (χ0n) is 15.0. The molecule has 0 aromatic heterocycles. The van der Waals surface area contributed by atoms with Crippen molar-refractivity contribution in [3.8, 4) is 5.75 Å². The fourth-order valence-corrected chi connectivity index (χ4v) is 2.20. The molecule has 0 heterocycles. The van der Waals surface area contributed by atoms with Gasteiger partial charge >= 0.3 is 5.97 Å². The number of anilines is 1. The van der Waals surface area contributed by atoms with Gasteiger partial charge in [0.1, 0.15) is 12.4 Å². The molecule has 0 radical (unpaired) electrons. The summed E-state index contributed by atoms with van der Waals surface area (Å²) in [6.45, 7) is 4.82. The molecule has 0 aliphatic carbocycles. The smallest absolute Gasteiger partial charge is 0.338 e. The Morgan fingerprint density at radius 1 is 1.04 bits per heavy atom. The maximum absolute atomic E-state index is 12.0. The first-order chi connectivity index (χ1) is 12.6. The fraction of sp³-hybridized carbons (Fsp3) is 0.300. The standard InChI is InChI=1S/C20H23NO5/c1-3-24-10-11-25-20(23)16-7-5-8-17(13-16)21-19(22)14-26-18-9-4-6-15(2)12-18/h4-9,12-13H,3,10-11,14H2,1-2H3,(H,21,22). The molecule has 6 nitrogen and oxygen atoms in total. The van der Waals surface area contributed by atoms with Gasteiger partial charge in [0.05, 0.1) is 12.2 Å². The molecule has 0 unspecified atom stereocenters. The Balaban J connectivity index is 1.85. The number of hydrogen-bond acceptors (Lipinski definition) is 5. The molecule has 0 bridgehead atoms. The molecule has 2 aromatic carbocycles. The minimum atomic E-state index is -0.461. The number of hydrogen-bond donors (Lipinski definition) is 1. The van der Waals surface area contributed by atoms with Gasteiger partial charge in [-0.05, 0) is 49.7 Å². The van der Waals surface area contributed by atoms with E-state index in [1.165, 1.54) is 0 Å². The largest absolute Gasteiger partial charge is 0.484 e. The summed E-state index contributed by atoms with van der Waals surface area (Å²) in [5.74, 6) is -0.142. The third-order valence-corrected chi connectivity index (χ3v) is 3.41. The van der Waals surface area contributed by atoms with Gasteiger partial charge in [-0.2, -0.15) is 0 Å². The van der Waals surface area contributed by atoms with Gasteiger partial charge in [-0.25, -0.2) is 4.79 Å². The second-order valence-corrected chi connectivity index (χ2v) is 5.57. The van der Waals surface area contributed by atoms with E-state index in [0.717, 1.165) is 5.56 Å². The van der Waals surface area contributed by atoms with E-state index >= 15 is 0 Å². The summed E-state index contributed by atoms with van der Waals surface area (Å²) < 4.78 is 15.7. The van der Waals surface area contributed by atoms with Crippen molar-refractivity contribution in [1.82, 2.24) is 0 Å². The van der Waals surface area contributed by atoms with Crippen LogP contribution in [0.4, 0.5) is 5.69 Å². The lowest BCUT2D eigenvalue weighted by atomic mass is 10.2. The molecule has 0 saturated carbocycles. The highest BCUT2D eigenvalue weighted by atomic mass is 16.6. The van der Waals surface area contributed by atoms with E-state index in [4.69, 9.17) is 14.2 Å². The molecule has 2 rings (SSSR count). The van der Waals surface area contributed by atoms with E-state index in [1.807, 2.05) is 32.0 Å². The van der Waals surface area contributed by atoms with Crippen LogP contribution in [0.2, 0.25) is 0 Å². The number of carbonyl (C=O) groups excluding carboxylic acids is 2. The highest BCUT2D eigenvalue weighted by Crippen LogP contribution is 2.14. The number of ether oxygens (including phenoxy) is 3. The number of esters is 1. The van der Waals surface area contributed by atoms with Crippen LogP contribution in [0.5, 0.6) is 5.75 Å². The molecule has 0 spiro atoms. The van der Waals surface area contributed by atoms with Gasteiger partial charge in [-0.3, -0.25) is 4.79 Å². The Morgan fingerprint density at radius 3 is 2.62 bits per heavy atom. The maximum atomic E-state index is 12.0. The van der Waals surface area contributed by atoms with E-state index in [1.54, 1.807) is 30.3 Å². The molecular weight excluding hydrogens is 334 g/mol. The molecule has 6 heteroatoms. The van der Waals surface area contributed by atoms with E-state index < -0.39 is 5.97 Å². The Morgan fingerprint density at radius 2 is 1.85 bits per heavy atom. The van der Waals surface area contributed by atoms with Crippen LogP contribution in [0.3, 0.4) is 0 Å². The average molecular weight is 357 g/mol. The predicted molar refractivity (Wildman–Crippen MR) is 98.5 cm³/mol. The summed E-state index contributed by atoms with van der Waals surface area (Å²) in [5.41, 5.74) is 1.92. The van der Waals surface area contributed by atoms with Crippen molar-refractivity contribution < 1.29 is 23.8 Å². The van der Waals surface area contributed by atoms with Crippen LogP contribution in [0.15, 0.2) is 48.5 Å². The Kier molecular flexibility index (Phi) is 7.64. The minimum absolute atomic E-state index is 0.119. The second-order valence-electron chi connectivity index (χ2n) is 5.57. The summed E-state index contributed by atoms with van der Waals surface area (Å²) in [6.07, 6.45) is 0. The normalized spacial score (nSPS) is 10.2. The average Bonchev–Trinajstić information content (AvgIpc) is 2.64. The molecule has 0 saturated heterocycles. The van der Waals surface area contributed by atoms with Crippen LogP contribution < -0.4 is 10.1 Å². The molecule has 0 aliphatic heterocycles. The van der Waals surface area contributed by atoms with Crippen LogP contribution in [0, 0.1) is 6.92 Å². The van der Waals surface area contributed by atoms with Gasteiger partial charge in [0.25, 0.3) is 5.91 Å². The molecule has 1 N–H and O–H groups in total. The number of carbonyl (C=O) groups is 2. The lowest BCUT2D eigenvalue weighted by Crippen LogP contribution is -2.20. The zero-order valence-corrected chi connectivity index (χ0v) is 15.0. The van der Waals surface area contributed by atoms with Crippen molar-refractivity contribution in [1.29, 1.82) is 0 Å². The summed E-state index contributed by atoms with van der Waals surface area (Å²) in [5, 5.41) is 2.70. The van der Waals surface area contributed by atoms with Crippen molar-refractivity contribution in [2.24, 2.45) is 0 Å². The topological polar surface area (TPSA) is 73.9 Å². The Bertz CT molecular complexity index is 744. The molecule has 138 valence electrons. The van der Waals surface area contributed by atoms with E-state index in [2.05, 4.69) is 5.32 Å². The molecule has 0 fully saturated rings. The number of aryl methyl sites for hydroxylation is 1. The van der Waals surface area contributed by atoms with E-state index in [0.29, 0.717) is 30.2 Å². The zero-order chi connectivity index (χ0) is 18.8. The van der Waals surface area contributed by atoms with Gasteiger partial charge in [-0.15, -0.1) is 0 Å². The third-order valence-electron chi connectivity index (χ3n) is 3.41. The van der Waals surface area contributed by atoms with Crippen LogP contribution in [0.25, 0.3) is 0 Å². The fourth-order valence-electron chi connectivity index (χ4n) is 2.20. The van der Waals surface area contributed by atoms with Crippen LogP contribution in [0.1, 0.15) is 22.8 Å². The summed E-state index contributed by atoms with van der Waals surface area (Å²) in [6, 6.07) is 14.0. The lowest BCUT2D eigenvalue weighted by molar-refractivity contribution is -0.118. The van der Waals surface area contributed by atoms with Crippen molar-refractivity contribution in [3.63, 3.8) is 0 Å². The summed E-state index contributed by atoms with van der Waals surface area (Å²) >= 11 is 0. The van der Waals surface area contributed by atoms with Crippen molar-refractivity contribution in [2.75, 3.05) is 31.7 Å². The van der Waals surface area contributed by atoms with Crippen molar-refractivity contribution >= 4 is 17.6 Å². The number of nitrogens with one attached hydrogen (secondary N) is 1. The molecular formula is C20H23NO5. The van der Waals surface area contributed by atoms with Crippen LogP contribution in [-0.2, 0) is 14.3 Å².